The summed E-state index contributed by atoms with van der Waals surface area (Å²) in [5, 5.41) is 11.0. The van der Waals surface area contributed by atoms with Gasteiger partial charge in [-0.05, 0) is 74.1 Å². The van der Waals surface area contributed by atoms with E-state index < -0.39 is 35.0 Å². The Labute approximate surface area is 266 Å². The van der Waals surface area contributed by atoms with E-state index in [9.17, 15) is 19.5 Å². The third kappa shape index (κ3) is 4.11. The maximum atomic E-state index is 15.2. The lowest BCUT2D eigenvalue weighted by atomic mass is 9.49. The van der Waals surface area contributed by atoms with Crippen molar-refractivity contribution in [1.29, 1.82) is 0 Å². The Morgan fingerprint density at radius 1 is 0.911 bits per heavy atom. The maximum Gasteiger partial charge on any atom is 0.246 e. The fourth-order valence-corrected chi connectivity index (χ4v) is 8.66. The van der Waals surface area contributed by atoms with Crippen LogP contribution in [0, 0.1) is 23.7 Å². The van der Waals surface area contributed by atoms with Crippen molar-refractivity contribution in [3.63, 3.8) is 0 Å². The van der Waals surface area contributed by atoms with Gasteiger partial charge in [-0.15, -0.1) is 0 Å². The molecule has 1 saturated carbocycles. The minimum Gasteiger partial charge on any atom is -0.504 e. The van der Waals surface area contributed by atoms with Crippen LogP contribution in [-0.2, 0) is 24.6 Å². The molecule has 6 atom stereocenters. The van der Waals surface area contributed by atoms with E-state index in [1.807, 2.05) is 43.3 Å². The summed E-state index contributed by atoms with van der Waals surface area (Å²) in [6, 6.07) is 21.1. The van der Waals surface area contributed by atoms with Crippen LogP contribution in [0.3, 0.4) is 0 Å². The number of carbonyl (C=O) groups excluding carboxylic acids is 4. The number of imide groups is 2. The van der Waals surface area contributed by atoms with Gasteiger partial charge >= 0.3 is 0 Å². The number of amides is 4. The lowest BCUT2D eigenvalue weighted by Crippen LogP contribution is -2.53. The lowest BCUT2D eigenvalue weighted by Gasteiger charge is -2.50. The van der Waals surface area contributed by atoms with E-state index in [0.717, 1.165) is 5.57 Å². The number of fused-ring (bicyclic) bond motifs is 4. The van der Waals surface area contributed by atoms with Crippen LogP contribution >= 0.6 is 11.6 Å². The van der Waals surface area contributed by atoms with E-state index in [1.54, 1.807) is 49.4 Å². The van der Waals surface area contributed by atoms with Gasteiger partial charge in [-0.3, -0.25) is 24.1 Å². The topological polar surface area (TPSA) is 104 Å². The molecule has 4 amide bonds. The number of halogens is 1. The molecule has 2 aliphatic heterocycles. The number of allylic oxidation sites excluding steroid dienone is 2. The van der Waals surface area contributed by atoms with Crippen LogP contribution in [0.2, 0.25) is 5.02 Å². The number of phenolic OH excluding ortho intramolecular Hbond substituents is 1. The van der Waals surface area contributed by atoms with Gasteiger partial charge in [0.15, 0.2) is 11.5 Å². The first kappa shape index (κ1) is 29.3. The largest absolute Gasteiger partial charge is 0.504 e. The van der Waals surface area contributed by atoms with Crippen molar-refractivity contribution in [2.24, 2.45) is 23.7 Å². The zero-order valence-corrected chi connectivity index (χ0v) is 25.7. The van der Waals surface area contributed by atoms with Crippen molar-refractivity contribution in [1.82, 2.24) is 4.90 Å². The molecule has 7 rings (SSSR count). The summed E-state index contributed by atoms with van der Waals surface area (Å²) in [5.74, 6) is -4.05. The summed E-state index contributed by atoms with van der Waals surface area (Å²) in [6.07, 6.45) is 2.61. The highest BCUT2D eigenvalue weighted by molar-refractivity contribution is 6.32. The number of hydrogen-bond acceptors (Lipinski definition) is 6. The van der Waals surface area contributed by atoms with E-state index in [1.165, 1.54) is 9.80 Å². The highest BCUT2D eigenvalue weighted by atomic mass is 35.5. The first-order valence-electron chi connectivity index (χ1n) is 15.4. The van der Waals surface area contributed by atoms with Gasteiger partial charge in [0.2, 0.25) is 23.6 Å². The van der Waals surface area contributed by atoms with E-state index in [-0.39, 0.29) is 48.1 Å². The second-order valence-electron chi connectivity index (χ2n) is 12.2. The fourth-order valence-electron chi connectivity index (χ4n) is 8.48. The Kier molecular flexibility index (Phi) is 7.08. The highest BCUT2D eigenvalue weighted by Crippen LogP contribution is 2.64. The molecule has 3 fully saturated rings. The molecular formula is C36H33ClN2O6. The molecule has 2 saturated heterocycles. The van der Waals surface area contributed by atoms with Gasteiger partial charge < -0.3 is 9.84 Å². The SMILES string of the molecule is CCOc1cc([C@H]2C3=CC[C@@H]4C(=O)N(CC)C(=O)[C@@H]4[C@@H]3C[C@H]3C(=O)N(c4cccc(Cl)c4)C(=O)[C@@]23c2ccccc2)ccc1O. The number of aromatic hydroxyl groups is 1. The highest BCUT2D eigenvalue weighted by Gasteiger charge is 2.70. The molecule has 2 aliphatic carbocycles. The summed E-state index contributed by atoms with van der Waals surface area (Å²) in [7, 11) is 0. The van der Waals surface area contributed by atoms with Crippen LogP contribution in [-0.4, -0.2) is 46.8 Å². The molecule has 0 aromatic heterocycles. The van der Waals surface area contributed by atoms with Crippen molar-refractivity contribution < 1.29 is 29.0 Å². The van der Waals surface area contributed by atoms with Gasteiger partial charge in [-0.25, -0.2) is 4.90 Å². The predicted octanol–water partition coefficient (Wildman–Crippen LogP) is 5.63. The van der Waals surface area contributed by atoms with Crippen molar-refractivity contribution in [2.75, 3.05) is 18.1 Å². The first-order chi connectivity index (χ1) is 21.7. The zero-order valence-electron chi connectivity index (χ0n) is 25.0. The second-order valence-corrected chi connectivity index (χ2v) is 12.6. The predicted molar refractivity (Wildman–Crippen MR) is 168 cm³/mol. The number of nitrogens with zero attached hydrogens (tertiary/aromatic N) is 2. The molecule has 0 bridgehead atoms. The number of ether oxygens (including phenoxy) is 1. The average Bonchev–Trinajstić information content (AvgIpc) is 3.43. The Balaban J connectivity index is 1.51. The summed E-state index contributed by atoms with van der Waals surface area (Å²) in [5.41, 5.74) is 1.21. The minimum atomic E-state index is -1.38. The normalized spacial score (nSPS) is 29.0. The lowest BCUT2D eigenvalue weighted by molar-refractivity contribution is -0.140. The monoisotopic (exact) mass is 624 g/mol. The second kappa shape index (κ2) is 10.9. The molecule has 2 heterocycles. The Morgan fingerprint density at radius 3 is 2.40 bits per heavy atom. The molecule has 9 heteroatoms. The quantitative estimate of drug-likeness (QED) is 0.282. The Morgan fingerprint density at radius 2 is 1.69 bits per heavy atom. The molecule has 45 heavy (non-hydrogen) atoms. The molecule has 3 aromatic carbocycles. The van der Waals surface area contributed by atoms with E-state index >= 15 is 4.79 Å². The third-order valence-corrected chi connectivity index (χ3v) is 10.4. The molecular weight excluding hydrogens is 592 g/mol. The molecule has 0 spiro atoms. The molecule has 0 unspecified atom stereocenters. The van der Waals surface area contributed by atoms with Gasteiger partial charge in [0.1, 0.15) is 0 Å². The standard InChI is InChI=1S/C36H33ClN2O6/c1-3-38-32(41)25-15-14-24-26(30(25)34(38)43)19-27-33(42)39(23-12-8-11-22(37)18-23)35(44)36(27,21-9-6-5-7-10-21)31(24)20-13-16-28(40)29(17-20)45-4-2/h5-14,16-18,25-27,30-31,40H,3-4,15,19H2,1-2H3/t25-,26+,27-,30-,31-,36+/m0/s1. The van der Waals surface area contributed by atoms with Crippen molar-refractivity contribution in [3.05, 3.63) is 101 Å². The summed E-state index contributed by atoms with van der Waals surface area (Å²) >= 11 is 6.36. The van der Waals surface area contributed by atoms with Crippen molar-refractivity contribution >= 4 is 40.9 Å². The van der Waals surface area contributed by atoms with Crippen LogP contribution in [0.5, 0.6) is 11.5 Å². The number of carbonyl (C=O) groups is 4. The molecule has 3 aromatic rings. The molecule has 4 aliphatic rings. The van der Waals surface area contributed by atoms with E-state index in [0.29, 0.717) is 34.9 Å². The fraction of sp³-hybridized carbons (Fsp3) is 0.333. The Bertz CT molecular complexity index is 1770. The maximum absolute atomic E-state index is 15.2. The summed E-state index contributed by atoms with van der Waals surface area (Å²) in [6.45, 7) is 4.20. The van der Waals surface area contributed by atoms with Crippen molar-refractivity contribution in [2.45, 2.75) is 38.0 Å². The van der Waals surface area contributed by atoms with Gasteiger partial charge in [0.05, 0.1) is 35.5 Å². The number of likely N-dealkylation sites (tertiary alicyclic amines) is 1. The Hall–Kier alpha value is -4.43. The molecule has 0 radical (unpaired) electrons. The summed E-state index contributed by atoms with van der Waals surface area (Å²) in [4.78, 5) is 59.6. The van der Waals surface area contributed by atoms with Crippen LogP contribution in [0.1, 0.15) is 43.7 Å². The van der Waals surface area contributed by atoms with Crippen LogP contribution < -0.4 is 9.64 Å². The first-order valence-corrected chi connectivity index (χ1v) is 15.8. The third-order valence-electron chi connectivity index (χ3n) is 10.2. The van der Waals surface area contributed by atoms with Crippen LogP contribution in [0.15, 0.2) is 84.4 Å². The number of benzene rings is 3. The number of hydrogen-bond donors (Lipinski definition) is 1. The van der Waals surface area contributed by atoms with Gasteiger partial charge in [-0.2, -0.15) is 0 Å². The zero-order chi connectivity index (χ0) is 31.6. The van der Waals surface area contributed by atoms with Gasteiger partial charge in [0.25, 0.3) is 0 Å². The summed E-state index contributed by atoms with van der Waals surface area (Å²) < 4.78 is 5.78. The average molecular weight is 625 g/mol. The minimum absolute atomic E-state index is 0.0412. The number of anilines is 1. The van der Waals surface area contributed by atoms with Crippen molar-refractivity contribution in [3.8, 4) is 11.5 Å². The molecule has 1 N–H and O–H groups in total. The molecule has 8 nitrogen and oxygen atoms in total. The number of phenols is 1. The van der Waals surface area contributed by atoms with Gasteiger partial charge in [-0.1, -0.05) is 65.7 Å². The van der Waals surface area contributed by atoms with E-state index in [4.69, 9.17) is 16.3 Å². The molecule has 230 valence electrons. The van der Waals surface area contributed by atoms with Gasteiger partial charge in [0, 0.05) is 17.5 Å². The van der Waals surface area contributed by atoms with E-state index in [2.05, 4.69) is 0 Å². The van der Waals surface area contributed by atoms with Crippen LogP contribution in [0.25, 0.3) is 0 Å². The van der Waals surface area contributed by atoms with Crippen LogP contribution in [0.4, 0.5) is 5.69 Å². The number of rotatable bonds is 6. The smallest absolute Gasteiger partial charge is 0.246 e.